The number of hydrogen-bond acceptors (Lipinski definition) is 15. The van der Waals surface area contributed by atoms with E-state index in [2.05, 4.69) is 79.7 Å². The minimum Gasteiger partial charge on any atom is -0.489 e. The quantitative estimate of drug-likeness (QED) is 0.0810. The number of sulfonamides is 1. The van der Waals surface area contributed by atoms with E-state index in [1.807, 2.05) is 35.4 Å². The first-order valence-electron chi connectivity index (χ1n) is 26.8. The first-order valence-corrected chi connectivity index (χ1v) is 28.2. The number of piperazine rings is 1. The number of nitro benzene ring substituents is 1. The van der Waals surface area contributed by atoms with Crippen molar-refractivity contribution in [1.29, 1.82) is 0 Å². The molecule has 1 spiro atoms. The average molecular weight is 1030 g/mol. The number of likely N-dealkylation sites (tertiary alicyclic amines) is 1. The second-order valence-corrected chi connectivity index (χ2v) is 23.9. The molecule has 1 saturated carbocycles. The van der Waals surface area contributed by atoms with Gasteiger partial charge in [-0.3, -0.25) is 29.6 Å². The lowest BCUT2D eigenvalue weighted by Gasteiger charge is -2.56. The number of pyridine rings is 1. The van der Waals surface area contributed by atoms with Gasteiger partial charge >= 0.3 is 0 Å². The third kappa shape index (κ3) is 9.21. The van der Waals surface area contributed by atoms with Gasteiger partial charge in [-0.25, -0.2) is 13.1 Å². The highest BCUT2D eigenvalue weighted by Crippen LogP contribution is 2.54. The topological polar surface area (TPSA) is 191 Å². The number of aromatic amines is 1. The summed E-state index contributed by atoms with van der Waals surface area (Å²) < 4.78 is 48.7. The number of nitrogens with one attached hydrogen (secondary N) is 3. The molecule has 5 fully saturated rings. The number of ether oxygens (including phenoxy) is 3. The zero-order chi connectivity index (χ0) is 50.9. The maximum Gasteiger partial charge on any atom is 0.297 e. The lowest BCUT2D eigenvalue weighted by atomic mass is 9.59. The Bertz CT molecular complexity index is 3060. The van der Waals surface area contributed by atoms with Crippen LogP contribution in [-0.4, -0.2) is 147 Å². The fourth-order valence-electron chi connectivity index (χ4n) is 13.3. The van der Waals surface area contributed by atoms with E-state index >= 15 is 0 Å². The van der Waals surface area contributed by atoms with Crippen LogP contribution in [0.3, 0.4) is 0 Å². The van der Waals surface area contributed by atoms with Crippen molar-refractivity contribution in [2.45, 2.75) is 107 Å². The summed E-state index contributed by atoms with van der Waals surface area (Å²) in [5.41, 5.74) is 5.82. The Balaban J connectivity index is 0.778. The molecule has 3 N–H and O–H groups in total. The van der Waals surface area contributed by atoms with Crippen LogP contribution in [-0.2, 0) is 14.8 Å². The number of anilines is 4. The maximum absolute atomic E-state index is 14.7. The van der Waals surface area contributed by atoms with Crippen LogP contribution in [0.25, 0.3) is 11.0 Å². The number of H-pyrrole nitrogens is 1. The molecule has 5 aromatic rings. The molecule has 18 nitrogen and oxygen atoms in total. The summed E-state index contributed by atoms with van der Waals surface area (Å²) in [5, 5.41) is 16.8. The van der Waals surface area contributed by atoms with E-state index in [1.54, 1.807) is 6.07 Å². The molecule has 1 aliphatic carbocycles. The number of carbonyl (C=O) groups excluding carboxylic acids is 1. The number of hydrogen-bond donors (Lipinski definition) is 3. The van der Waals surface area contributed by atoms with E-state index in [-0.39, 0.29) is 29.6 Å². The summed E-state index contributed by atoms with van der Waals surface area (Å²) in [6.07, 6.45) is 9.41. The van der Waals surface area contributed by atoms with Crippen molar-refractivity contribution in [2.24, 2.45) is 5.41 Å². The van der Waals surface area contributed by atoms with Crippen molar-refractivity contribution in [3.8, 4) is 11.6 Å². The van der Waals surface area contributed by atoms with Crippen molar-refractivity contribution in [3.05, 3.63) is 99.7 Å². The number of nitrogens with zero attached hydrogens (tertiary/aromatic N) is 7. The molecular formula is C55H68N10O8S. The Morgan fingerprint density at radius 2 is 1.74 bits per heavy atom. The van der Waals surface area contributed by atoms with Crippen molar-refractivity contribution in [2.75, 3.05) is 93.9 Å². The summed E-state index contributed by atoms with van der Waals surface area (Å²) in [7, 11) is -4.67. The fourth-order valence-corrected chi connectivity index (χ4v) is 14.3. The molecule has 3 aromatic carbocycles. The van der Waals surface area contributed by atoms with E-state index in [0.717, 1.165) is 82.5 Å². The number of carbonyl (C=O) groups is 1. The Kier molecular flexibility index (Phi) is 13.0. The van der Waals surface area contributed by atoms with Crippen LogP contribution in [0, 0.1) is 15.5 Å². The monoisotopic (exact) mass is 1030 g/mol. The van der Waals surface area contributed by atoms with Gasteiger partial charge in [-0.15, -0.1) is 0 Å². The molecule has 12 rings (SSSR count). The predicted octanol–water partition coefficient (Wildman–Crippen LogP) is 7.80. The van der Waals surface area contributed by atoms with Gasteiger partial charge in [0.25, 0.3) is 21.6 Å². The van der Waals surface area contributed by atoms with Gasteiger partial charge in [0.15, 0.2) is 11.4 Å². The lowest BCUT2D eigenvalue weighted by molar-refractivity contribution is -0.384. The summed E-state index contributed by atoms with van der Waals surface area (Å²) in [4.78, 5) is 46.2. The highest BCUT2D eigenvalue weighted by atomic mass is 32.2. The molecule has 7 aliphatic rings. The van der Waals surface area contributed by atoms with Gasteiger partial charge in [0.05, 0.1) is 53.0 Å². The first-order chi connectivity index (χ1) is 35.8. The van der Waals surface area contributed by atoms with Gasteiger partial charge < -0.3 is 34.3 Å². The average Bonchev–Trinajstić information content (AvgIpc) is 4.00. The van der Waals surface area contributed by atoms with Crippen LogP contribution in [0.1, 0.15) is 99.2 Å². The second-order valence-electron chi connectivity index (χ2n) is 22.2. The first kappa shape index (κ1) is 48.9. The number of piperidine rings is 1. The van der Waals surface area contributed by atoms with Gasteiger partial charge in [0.2, 0.25) is 5.88 Å². The van der Waals surface area contributed by atoms with Crippen molar-refractivity contribution in [3.63, 3.8) is 0 Å². The fraction of sp³-hybridized carbons (Fsp3) is 0.527. The number of benzene rings is 3. The van der Waals surface area contributed by atoms with Gasteiger partial charge in [-0.2, -0.15) is 4.98 Å². The molecule has 392 valence electrons. The van der Waals surface area contributed by atoms with Crippen LogP contribution < -0.4 is 29.3 Å². The summed E-state index contributed by atoms with van der Waals surface area (Å²) >= 11 is 0. The largest absolute Gasteiger partial charge is 0.489 e. The molecule has 1 amide bonds. The molecule has 19 heteroatoms. The standard InChI is InChI=1S/C55H68N10O8S/c1-35(2)43-8-4-5-9-44(43)46-10-6-17-63(46)40-28-55(29-40)14-19-61(20-15-55)39-11-12-45(47(25-39)64-18-7-23-72-54-49(64)24-37-13-16-56-52(37)58-54)53(66)59-74(69,70)42-26-48(65(67)68)51-50(27-42)73-32-38(57-51)31-60-21-22-62(36(3)30-60)41-33-71-34-41/h4-5,8-9,11-13,16,24-27,35-36,38,40-41,46,57H,6-7,10,14-15,17-23,28-34H2,1-3H3,(H,56,58)(H,59,66)/t36-,38+,46+/m1/s1. The molecule has 2 aromatic heterocycles. The number of nitro groups is 1. The van der Waals surface area contributed by atoms with E-state index in [1.165, 1.54) is 42.9 Å². The molecule has 3 atom stereocenters. The van der Waals surface area contributed by atoms with Crippen molar-refractivity contribution >= 4 is 55.4 Å². The molecular weight excluding hydrogens is 961 g/mol. The maximum atomic E-state index is 14.7. The van der Waals surface area contributed by atoms with Crippen LogP contribution >= 0.6 is 0 Å². The minimum absolute atomic E-state index is 0.0367. The molecule has 0 unspecified atom stereocenters. The molecule has 4 saturated heterocycles. The van der Waals surface area contributed by atoms with Crippen LogP contribution in [0.15, 0.2) is 77.8 Å². The Morgan fingerprint density at radius 1 is 0.919 bits per heavy atom. The molecule has 0 bridgehead atoms. The number of rotatable bonds is 12. The third-order valence-corrected chi connectivity index (χ3v) is 18.5. The zero-order valence-corrected chi connectivity index (χ0v) is 43.4. The molecule has 74 heavy (non-hydrogen) atoms. The highest BCUT2D eigenvalue weighted by molar-refractivity contribution is 7.90. The van der Waals surface area contributed by atoms with Gasteiger partial charge in [0, 0.05) is 93.3 Å². The predicted molar refractivity (Wildman–Crippen MR) is 284 cm³/mol. The van der Waals surface area contributed by atoms with Gasteiger partial charge in [0.1, 0.15) is 17.9 Å². The molecule has 6 aliphatic heterocycles. The normalized spacial score (nSPS) is 23.8. The second kappa shape index (κ2) is 19.6. The Hall–Kier alpha value is -5.99. The highest BCUT2D eigenvalue weighted by Gasteiger charge is 2.50. The lowest BCUT2D eigenvalue weighted by Crippen LogP contribution is -2.61. The minimum atomic E-state index is -4.67. The van der Waals surface area contributed by atoms with E-state index < -0.39 is 31.4 Å². The molecule has 8 heterocycles. The van der Waals surface area contributed by atoms with E-state index in [0.29, 0.717) is 84.5 Å². The summed E-state index contributed by atoms with van der Waals surface area (Å²) in [5.74, 6) is 0.0598. The summed E-state index contributed by atoms with van der Waals surface area (Å²) in [6.45, 7) is 15.4. The Labute approximate surface area is 432 Å². The molecule has 0 radical (unpaired) electrons. The van der Waals surface area contributed by atoms with Crippen LogP contribution in [0.2, 0.25) is 0 Å². The SMILES string of the molecule is CC(C)c1ccccc1[C@@H]1CCCN1C1CC2(CCN(c3ccc(C(=O)NS(=O)(=O)c4cc5c(c([N+](=O)[O-])c4)N[C@@H](CN4CCN(C6COC6)[C@H](C)C4)CO5)c(N4CCCOc5nc6[nH]ccc6cc54)c3)CC2)C1. The van der Waals surface area contributed by atoms with Gasteiger partial charge in [-0.1, -0.05) is 38.1 Å². The van der Waals surface area contributed by atoms with E-state index in [9.17, 15) is 23.3 Å². The van der Waals surface area contributed by atoms with E-state index in [4.69, 9.17) is 19.2 Å². The zero-order valence-electron chi connectivity index (χ0n) is 42.6. The number of amides is 1. The van der Waals surface area contributed by atoms with Crippen LogP contribution in [0.4, 0.5) is 28.4 Å². The number of aromatic nitrogens is 2. The summed E-state index contributed by atoms with van der Waals surface area (Å²) in [6, 6.07) is 22.4. The Morgan fingerprint density at radius 3 is 2.51 bits per heavy atom. The van der Waals surface area contributed by atoms with Gasteiger partial charge in [-0.05, 0) is 111 Å². The van der Waals surface area contributed by atoms with Crippen molar-refractivity contribution < 1.29 is 32.3 Å². The smallest absolute Gasteiger partial charge is 0.297 e. The third-order valence-electron chi connectivity index (χ3n) is 17.2. The van der Waals surface area contributed by atoms with Crippen molar-refractivity contribution in [1.82, 2.24) is 29.4 Å². The number of fused-ring (bicyclic) bond motifs is 3. The van der Waals surface area contributed by atoms with Crippen LogP contribution in [0.5, 0.6) is 11.6 Å².